The van der Waals surface area contributed by atoms with E-state index in [-0.39, 0.29) is 19.0 Å². The Morgan fingerprint density at radius 1 is 1.50 bits per heavy atom. The van der Waals surface area contributed by atoms with E-state index in [0.717, 1.165) is 12.8 Å². The van der Waals surface area contributed by atoms with Gasteiger partial charge in [-0.2, -0.15) is 0 Å². The quantitative estimate of drug-likeness (QED) is 0.454. The molecule has 0 aromatic heterocycles. The number of hydrogen-bond acceptors (Lipinski definition) is 3. The highest BCUT2D eigenvalue weighted by molar-refractivity contribution is 5.82. The molecule has 0 saturated heterocycles. The number of carbonyl (C=O) groups excluding carboxylic acids is 1. The summed E-state index contributed by atoms with van der Waals surface area (Å²) >= 11 is 0. The van der Waals surface area contributed by atoms with Gasteiger partial charge in [0.05, 0.1) is 6.54 Å². The van der Waals surface area contributed by atoms with Crippen LogP contribution < -0.4 is 5.32 Å². The Hall–Kier alpha value is -1.36. The fourth-order valence-corrected chi connectivity index (χ4v) is 1.42. The van der Waals surface area contributed by atoms with Crippen molar-refractivity contribution in [3.05, 3.63) is 12.7 Å². The summed E-state index contributed by atoms with van der Waals surface area (Å²) in [7, 11) is 0. The van der Waals surface area contributed by atoms with Crippen LogP contribution in [-0.2, 0) is 9.59 Å². The van der Waals surface area contributed by atoms with Crippen molar-refractivity contribution in [2.24, 2.45) is 5.92 Å². The van der Waals surface area contributed by atoms with Crippen molar-refractivity contribution in [2.45, 2.75) is 12.8 Å². The van der Waals surface area contributed by atoms with Crippen molar-refractivity contribution >= 4 is 11.9 Å². The van der Waals surface area contributed by atoms with Crippen LogP contribution >= 0.6 is 0 Å². The molecule has 1 aliphatic carbocycles. The molecule has 90 valence electrons. The molecule has 0 atom stereocenters. The van der Waals surface area contributed by atoms with Gasteiger partial charge in [-0.3, -0.25) is 9.59 Å². The second-order valence-electron chi connectivity index (χ2n) is 4.03. The Morgan fingerprint density at radius 3 is 2.69 bits per heavy atom. The number of carboxylic acid groups (broad SMARTS) is 1. The van der Waals surface area contributed by atoms with Crippen LogP contribution in [0.3, 0.4) is 0 Å². The molecule has 1 amide bonds. The van der Waals surface area contributed by atoms with E-state index in [0.29, 0.717) is 19.0 Å². The zero-order valence-electron chi connectivity index (χ0n) is 9.32. The van der Waals surface area contributed by atoms with Gasteiger partial charge in [-0.25, -0.2) is 0 Å². The van der Waals surface area contributed by atoms with E-state index in [9.17, 15) is 9.59 Å². The minimum absolute atomic E-state index is 0.156. The molecule has 5 heteroatoms. The molecule has 0 aliphatic heterocycles. The second-order valence-corrected chi connectivity index (χ2v) is 4.03. The van der Waals surface area contributed by atoms with E-state index < -0.39 is 5.97 Å². The molecule has 1 aliphatic rings. The third kappa shape index (κ3) is 4.93. The number of nitrogens with one attached hydrogen (secondary N) is 1. The lowest BCUT2D eigenvalue weighted by Gasteiger charge is -2.20. The van der Waals surface area contributed by atoms with Gasteiger partial charge in [0.15, 0.2) is 0 Å². The Labute approximate surface area is 95.1 Å². The van der Waals surface area contributed by atoms with E-state index in [1.165, 1.54) is 4.90 Å². The van der Waals surface area contributed by atoms with Gasteiger partial charge >= 0.3 is 5.97 Å². The lowest BCUT2D eigenvalue weighted by molar-refractivity contribution is -0.144. The second kappa shape index (κ2) is 6.27. The lowest BCUT2D eigenvalue weighted by Crippen LogP contribution is -2.42. The van der Waals surface area contributed by atoms with Crippen molar-refractivity contribution in [2.75, 3.05) is 26.2 Å². The van der Waals surface area contributed by atoms with Crippen molar-refractivity contribution in [1.29, 1.82) is 0 Å². The number of amides is 1. The highest BCUT2D eigenvalue weighted by atomic mass is 16.4. The van der Waals surface area contributed by atoms with Gasteiger partial charge in [0.1, 0.15) is 6.54 Å². The maximum absolute atomic E-state index is 11.7. The molecule has 1 rings (SSSR count). The SMILES string of the molecule is C=CCNCC(=O)N(CC(=O)O)CC1CC1. The first-order valence-corrected chi connectivity index (χ1v) is 5.44. The first-order valence-electron chi connectivity index (χ1n) is 5.44. The van der Waals surface area contributed by atoms with Crippen LogP contribution in [0, 0.1) is 5.92 Å². The molecule has 0 bridgehead atoms. The average molecular weight is 226 g/mol. The van der Waals surface area contributed by atoms with Crippen molar-refractivity contribution in [1.82, 2.24) is 10.2 Å². The first-order chi connectivity index (χ1) is 7.63. The average Bonchev–Trinajstić information content (AvgIpc) is 3.00. The molecule has 0 spiro atoms. The van der Waals surface area contributed by atoms with Gasteiger partial charge in [0, 0.05) is 13.1 Å². The minimum Gasteiger partial charge on any atom is -0.480 e. The van der Waals surface area contributed by atoms with Gasteiger partial charge in [0.25, 0.3) is 0 Å². The van der Waals surface area contributed by atoms with E-state index in [2.05, 4.69) is 11.9 Å². The lowest BCUT2D eigenvalue weighted by atomic mass is 10.3. The standard InChI is InChI=1S/C11H18N2O3/c1-2-5-12-6-10(14)13(8-11(15)16)7-9-3-4-9/h2,9,12H,1,3-8H2,(H,15,16). The summed E-state index contributed by atoms with van der Waals surface area (Å²) in [5.74, 6) is -0.614. The number of rotatable bonds is 8. The Kier molecular flexibility index (Phi) is 4.98. The predicted octanol–water partition coefficient (Wildman–Crippen LogP) is 0.0852. The van der Waals surface area contributed by atoms with Gasteiger partial charge in [0.2, 0.25) is 5.91 Å². The maximum atomic E-state index is 11.7. The number of aliphatic carboxylic acids is 1. The molecular weight excluding hydrogens is 208 g/mol. The van der Waals surface area contributed by atoms with E-state index >= 15 is 0 Å². The smallest absolute Gasteiger partial charge is 0.323 e. The summed E-state index contributed by atoms with van der Waals surface area (Å²) in [4.78, 5) is 23.7. The third-order valence-electron chi connectivity index (χ3n) is 2.42. The minimum atomic E-state index is -0.960. The van der Waals surface area contributed by atoms with Crippen LogP contribution in [0.2, 0.25) is 0 Å². The Morgan fingerprint density at radius 2 is 2.19 bits per heavy atom. The van der Waals surface area contributed by atoms with Gasteiger partial charge in [-0.15, -0.1) is 6.58 Å². The Balaban J connectivity index is 2.35. The van der Waals surface area contributed by atoms with E-state index in [1.807, 2.05) is 0 Å². The zero-order chi connectivity index (χ0) is 12.0. The number of nitrogens with zero attached hydrogens (tertiary/aromatic N) is 1. The molecule has 1 fully saturated rings. The van der Waals surface area contributed by atoms with Crippen LogP contribution in [-0.4, -0.2) is 48.1 Å². The number of hydrogen-bond donors (Lipinski definition) is 2. The molecule has 0 heterocycles. The number of carbonyl (C=O) groups is 2. The zero-order valence-corrected chi connectivity index (χ0v) is 9.32. The van der Waals surface area contributed by atoms with Crippen molar-refractivity contribution in [3.8, 4) is 0 Å². The fourth-order valence-electron chi connectivity index (χ4n) is 1.42. The van der Waals surface area contributed by atoms with Crippen LogP contribution in [0.25, 0.3) is 0 Å². The molecule has 5 nitrogen and oxygen atoms in total. The summed E-state index contributed by atoms with van der Waals surface area (Å²) in [5.41, 5.74) is 0. The summed E-state index contributed by atoms with van der Waals surface area (Å²) in [6.45, 7) is 4.62. The van der Waals surface area contributed by atoms with Crippen LogP contribution in [0.5, 0.6) is 0 Å². The number of carboxylic acids is 1. The summed E-state index contributed by atoms with van der Waals surface area (Å²) < 4.78 is 0. The molecular formula is C11H18N2O3. The van der Waals surface area contributed by atoms with Crippen molar-refractivity contribution < 1.29 is 14.7 Å². The van der Waals surface area contributed by atoms with Gasteiger partial charge in [-0.1, -0.05) is 6.08 Å². The molecule has 0 aromatic carbocycles. The highest BCUT2D eigenvalue weighted by Gasteiger charge is 2.27. The molecule has 2 N–H and O–H groups in total. The molecule has 0 unspecified atom stereocenters. The largest absolute Gasteiger partial charge is 0.480 e. The third-order valence-corrected chi connectivity index (χ3v) is 2.42. The van der Waals surface area contributed by atoms with Crippen LogP contribution in [0.4, 0.5) is 0 Å². The highest BCUT2D eigenvalue weighted by Crippen LogP contribution is 2.29. The molecule has 1 saturated carbocycles. The molecule has 0 aromatic rings. The van der Waals surface area contributed by atoms with Crippen LogP contribution in [0.1, 0.15) is 12.8 Å². The van der Waals surface area contributed by atoms with Crippen molar-refractivity contribution in [3.63, 3.8) is 0 Å². The Bertz CT molecular complexity index is 274. The van der Waals surface area contributed by atoms with E-state index in [1.54, 1.807) is 6.08 Å². The summed E-state index contributed by atoms with van der Waals surface area (Å²) in [6.07, 6.45) is 3.86. The first kappa shape index (κ1) is 12.7. The topological polar surface area (TPSA) is 69.6 Å². The van der Waals surface area contributed by atoms with Crippen LogP contribution in [0.15, 0.2) is 12.7 Å². The fraction of sp³-hybridized carbons (Fsp3) is 0.636. The normalized spacial score (nSPS) is 14.5. The predicted molar refractivity (Wildman–Crippen MR) is 60.0 cm³/mol. The van der Waals surface area contributed by atoms with E-state index in [4.69, 9.17) is 5.11 Å². The molecule has 16 heavy (non-hydrogen) atoms. The molecule has 0 radical (unpaired) electrons. The van der Waals surface area contributed by atoms with Gasteiger partial charge < -0.3 is 15.3 Å². The van der Waals surface area contributed by atoms with Gasteiger partial charge in [-0.05, 0) is 18.8 Å². The maximum Gasteiger partial charge on any atom is 0.323 e. The monoisotopic (exact) mass is 226 g/mol. The summed E-state index contributed by atoms with van der Waals surface area (Å²) in [6, 6.07) is 0. The summed E-state index contributed by atoms with van der Waals surface area (Å²) in [5, 5.41) is 11.6.